The van der Waals surface area contributed by atoms with Gasteiger partial charge >= 0.3 is 0 Å². The number of hydrogen-bond acceptors (Lipinski definition) is 2. The van der Waals surface area contributed by atoms with Crippen LogP contribution in [-0.4, -0.2) is 11.6 Å². The smallest absolute Gasteiger partial charge is 0.178 e. The highest BCUT2D eigenvalue weighted by Crippen LogP contribution is 2.37. The summed E-state index contributed by atoms with van der Waals surface area (Å²) in [7, 11) is 0. The Labute approximate surface area is 121 Å². The number of hydrogen-bond donors (Lipinski definition) is 0. The molecule has 0 spiro atoms. The van der Waals surface area contributed by atoms with E-state index in [1.54, 1.807) is 24.3 Å². The molecule has 20 heavy (non-hydrogen) atoms. The van der Waals surface area contributed by atoms with Gasteiger partial charge in [0, 0.05) is 15.6 Å². The van der Waals surface area contributed by atoms with Gasteiger partial charge in [-0.2, -0.15) is 0 Å². The summed E-state index contributed by atoms with van der Waals surface area (Å²) in [6.45, 7) is 0. The Balaban J connectivity index is 2.17. The summed E-state index contributed by atoms with van der Waals surface area (Å²) in [6.07, 6.45) is 0. The molecule has 0 saturated carbocycles. The maximum Gasteiger partial charge on any atom is 0.178 e. The minimum Gasteiger partial charge on any atom is -0.293 e. The predicted molar refractivity (Wildman–Crippen MR) is 71.9 cm³/mol. The molecule has 3 rings (SSSR count). The molecule has 1 aliphatic rings. The molecule has 0 atom stereocenters. The quantitative estimate of drug-likeness (QED) is 0.584. The average Bonchev–Trinajstić information content (AvgIpc) is 2.68. The second-order valence-corrected chi connectivity index (χ2v) is 5.35. The summed E-state index contributed by atoms with van der Waals surface area (Å²) < 4.78 is 26.7. The molecule has 0 radical (unpaired) electrons. The van der Waals surface area contributed by atoms with Crippen molar-refractivity contribution in [1.82, 2.24) is 0 Å². The number of rotatable bonds is 1. The van der Waals surface area contributed by atoms with Gasteiger partial charge in [0.1, 0.15) is 5.92 Å². The molecular weight excluding hydrogens is 330 g/mol. The Morgan fingerprint density at radius 2 is 1.40 bits per heavy atom. The lowest BCUT2D eigenvalue weighted by atomic mass is 9.94. The van der Waals surface area contributed by atoms with Crippen LogP contribution in [0.15, 0.2) is 40.9 Å². The number of benzene rings is 2. The van der Waals surface area contributed by atoms with Gasteiger partial charge in [0.15, 0.2) is 23.2 Å². The molecule has 0 bridgehead atoms. The SMILES string of the molecule is O=C1c2ccccc2C(=O)C1c1cc(F)c(F)cc1Br. The van der Waals surface area contributed by atoms with Crippen molar-refractivity contribution in [3.05, 3.63) is 69.2 Å². The molecule has 0 aromatic heterocycles. The van der Waals surface area contributed by atoms with Crippen molar-refractivity contribution in [3.8, 4) is 0 Å². The van der Waals surface area contributed by atoms with Crippen LogP contribution in [0.5, 0.6) is 0 Å². The maximum absolute atomic E-state index is 13.4. The molecule has 2 nitrogen and oxygen atoms in total. The van der Waals surface area contributed by atoms with Gasteiger partial charge in [-0.15, -0.1) is 0 Å². The standard InChI is InChI=1S/C15H7BrF2O2/c16-10-6-12(18)11(17)5-9(10)13-14(19)7-3-1-2-4-8(7)15(13)20/h1-6,13H. The van der Waals surface area contributed by atoms with E-state index in [9.17, 15) is 18.4 Å². The largest absolute Gasteiger partial charge is 0.293 e. The molecular formula is C15H7BrF2O2. The zero-order chi connectivity index (χ0) is 14.4. The highest BCUT2D eigenvalue weighted by molar-refractivity contribution is 9.10. The number of ketones is 2. The van der Waals surface area contributed by atoms with E-state index in [0.717, 1.165) is 12.1 Å². The molecule has 0 fully saturated rings. The molecule has 5 heteroatoms. The lowest BCUT2D eigenvalue weighted by molar-refractivity contribution is 0.0889. The Morgan fingerprint density at radius 1 is 0.900 bits per heavy atom. The van der Waals surface area contributed by atoms with Gasteiger partial charge in [-0.3, -0.25) is 9.59 Å². The van der Waals surface area contributed by atoms with Crippen LogP contribution in [0.3, 0.4) is 0 Å². The molecule has 1 aliphatic carbocycles. The zero-order valence-corrected chi connectivity index (χ0v) is 11.6. The third-order valence-electron chi connectivity index (χ3n) is 3.33. The van der Waals surface area contributed by atoms with Crippen LogP contribution in [-0.2, 0) is 0 Å². The minimum atomic E-state index is -1.11. The maximum atomic E-state index is 13.4. The van der Waals surface area contributed by atoms with Gasteiger partial charge in [0.25, 0.3) is 0 Å². The molecule has 100 valence electrons. The molecule has 2 aromatic carbocycles. The van der Waals surface area contributed by atoms with Crippen LogP contribution in [0.1, 0.15) is 32.2 Å². The van der Waals surface area contributed by atoms with E-state index in [0.29, 0.717) is 11.1 Å². The summed E-state index contributed by atoms with van der Waals surface area (Å²) in [5.41, 5.74) is 0.786. The zero-order valence-electron chi connectivity index (χ0n) is 9.99. The number of carbonyl (C=O) groups excluding carboxylic acids is 2. The second kappa shape index (κ2) is 4.59. The van der Waals surface area contributed by atoms with Gasteiger partial charge in [0.2, 0.25) is 0 Å². The fraction of sp³-hybridized carbons (Fsp3) is 0.0667. The Bertz CT molecular complexity index is 721. The van der Waals surface area contributed by atoms with Crippen molar-refractivity contribution in [2.75, 3.05) is 0 Å². The Morgan fingerprint density at radius 3 is 1.95 bits per heavy atom. The number of fused-ring (bicyclic) bond motifs is 1. The van der Waals surface area contributed by atoms with E-state index in [1.807, 2.05) is 0 Å². The molecule has 2 aromatic rings. The summed E-state index contributed by atoms with van der Waals surface area (Å²) in [5, 5.41) is 0. The van der Waals surface area contributed by atoms with Crippen LogP contribution >= 0.6 is 15.9 Å². The third kappa shape index (κ3) is 1.81. The van der Waals surface area contributed by atoms with Crippen LogP contribution < -0.4 is 0 Å². The molecule has 0 aliphatic heterocycles. The van der Waals surface area contributed by atoms with E-state index in [2.05, 4.69) is 15.9 Å². The Kier molecular flexibility index (Phi) is 3.01. The van der Waals surface area contributed by atoms with Crippen molar-refractivity contribution in [2.45, 2.75) is 5.92 Å². The van der Waals surface area contributed by atoms with Crippen molar-refractivity contribution >= 4 is 27.5 Å². The number of halogens is 3. The fourth-order valence-corrected chi connectivity index (χ4v) is 2.93. The first-order chi connectivity index (χ1) is 9.50. The molecule has 0 unspecified atom stereocenters. The van der Waals surface area contributed by atoms with Crippen molar-refractivity contribution in [1.29, 1.82) is 0 Å². The van der Waals surface area contributed by atoms with Crippen molar-refractivity contribution in [2.24, 2.45) is 0 Å². The highest BCUT2D eigenvalue weighted by atomic mass is 79.9. The van der Waals surface area contributed by atoms with Gasteiger partial charge in [-0.1, -0.05) is 40.2 Å². The first-order valence-corrected chi connectivity index (χ1v) is 6.62. The van der Waals surface area contributed by atoms with E-state index in [4.69, 9.17) is 0 Å². The number of carbonyl (C=O) groups is 2. The minimum absolute atomic E-state index is 0.148. The molecule has 0 heterocycles. The second-order valence-electron chi connectivity index (χ2n) is 4.49. The van der Waals surface area contributed by atoms with E-state index in [1.165, 1.54) is 0 Å². The van der Waals surface area contributed by atoms with E-state index in [-0.39, 0.29) is 10.0 Å². The first-order valence-electron chi connectivity index (χ1n) is 5.82. The molecule has 0 N–H and O–H groups in total. The van der Waals surface area contributed by atoms with E-state index >= 15 is 0 Å². The van der Waals surface area contributed by atoms with Crippen molar-refractivity contribution in [3.63, 3.8) is 0 Å². The molecule has 0 saturated heterocycles. The summed E-state index contributed by atoms with van der Waals surface area (Å²) in [6, 6.07) is 8.26. The van der Waals surface area contributed by atoms with Crippen LogP contribution in [0.4, 0.5) is 8.78 Å². The summed E-state index contributed by atoms with van der Waals surface area (Å²) in [5.74, 6) is -4.01. The topological polar surface area (TPSA) is 34.1 Å². The summed E-state index contributed by atoms with van der Waals surface area (Å²) in [4.78, 5) is 24.6. The van der Waals surface area contributed by atoms with Gasteiger partial charge < -0.3 is 0 Å². The highest BCUT2D eigenvalue weighted by Gasteiger charge is 2.40. The van der Waals surface area contributed by atoms with Gasteiger partial charge in [-0.05, 0) is 17.7 Å². The van der Waals surface area contributed by atoms with Gasteiger partial charge in [0.05, 0.1) is 0 Å². The summed E-state index contributed by atoms with van der Waals surface area (Å²) >= 11 is 3.08. The third-order valence-corrected chi connectivity index (χ3v) is 4.02. The van der Waals surface area contributed by atoms with Crippen LogP contribution in [0.25, 0.3) is 0 Å². The monoisotopic (exact) mass is 336 g/mol. The number of Topliss-reactive ketones (excluding diaryl/α,β-unsaturated/α-hetero) is 2. The van der Waals surface area contributed by atoms with E-state index < -0.39 is 29.1 Å². The first kappa shape index (κ1) is 13.1. The fourth-order valence-electron chi connectivity index (χ4n) is 2.38. The molecule has 0 amide bonds. The average molecular weight is 337 g/mol. The van der Waals surface area contributed by atoms with Crippen LogP contribution in [0.2, 0.25) is 0 Å². The lowest BCUT2D eigenvalue weighted by Crippen LogP contribution is -2.14. The lowest BCUT2D eigenvalue weighted by Gasteiger charge is -2.10. The van der Waals surface area contributed by atoms with Gasteiger partial charge in [-0.25, -0.2) is 8.78 Å². The van der Waals surface area contributed by atoms with Crippen LogP contribution in [0, 0.1) is 11.6 Å². The Hall–Kier alpha value is -1.88. The predicted octanol–water partition coefficient (Wildman–Crippen LogP) is 3.89. The normalized spacial score (nSPS) is 14.8. The van der Waals surface area contributed by atoms with Crippen molar-refractivity contribution < 1.29 is 18.4 Å².